The van der Waals surface area contributed by atoms with Gasteiger partial charge < -0.3 is 9.84 Å². The molecule has 3 nitrogen and oxygen atoms in total. The Balaban J connectivity index is 2.45. The number of allylic oxidation sites excluding steroid dienone is 1. The molecule has 100 valence electrons. The number of hydrogen-bond acceptors (Lipinski definition) is 3. The van der Waals surface area contributed by atoms with E-state index in [1.54, 1.807) is 0 Å². The summed E-state index contributed by atoms with van der Waals surface area (Å²) in [6.07, 6.45) is 3.14. The van der Waals surface area contributed by atoms with Gasteiger partial charge in [-0.05, 0) is 26.7 Å². The van der Waals surface area contributed by atoms with Crippen molar-refractivity contribution in [2.24, 2.45) is 5.41 Å². The Labute approximate surface area is 114 Å². The van der Waals surface area contributed by atoms with Crippen LogP contribution in [0.2, 0.25) is 0 Å². The maximum Gasteiger partial charge on any atom is 0.303 e. The normalized spacial score (nSPS) is 31.2. The molecule has 3 heteroatoms. The van der Waals surface area contributed by atoms with E-state index >= 15 is 0 Å². The predicted molar refractivity (Wildman–Crippen MR) is 71.8 cm³/mol. The van der Waals surface area contributed by atoms with Crippen molar-refractivity contribution in [2.45, 2.75) is 51.7 Å². The quantitative estimate of drug-likeness (QED) is 0.576. The molecule has 2 aliphatic rings. The standard InChI is InChI=1S/C16H18O3/c1-12(17)19-16-9-4-6-13(16)8-11-15(2,3)14(18)7-5-10-16/h6,14,18H,4,9-10H2,1-3H3. The third-order valence-electron chi connectivity index (χ3n) is 3.54. The fraction of sp³-hybridized carbons (Fsp3) is 0.562. The number of hydrogen-bond donors (Lipinski definition) is 1. The Kier molecular flexibility index (Phi) is 3.43. The molecule has 0 aliphatic heterocycles. The molecule has 0 aromatic rings. The van der Waals surface area contributed by atoms with Gasteiger partial charge in [0.25, 0.3) is 0 Å². The highest BCUT2D eigenvalue weighted by molar-refractivity contribution is 5.68. The molecular weight excluding hydrogens is 240 g/mol. The Hall–Kier alpha value is -1.71. The average molecular weight is 258 g/mol. The number of rotatable bonds is 1. The molecule has 19 heavy (non-hydrogen) atoms. The summed E-state index contributed by atoms with van der Waals surface area (Å²) < 4.78 is 5.50. The van der Waals surface area contributed by atoms with E-state index in [0.29, 0.717) is 12.8 Å². The van der Waals surface area contributed by atoms with Gasteiger partial charge in [0, 0.05) is 12.5 Å². The van der Waals surface area contributed by atoms with E-state index in [2.05, 4.69) is 23.7 Å². The number of fused-ring (bicyclic) bond motifs is 1. The van der Waals surface area contributed by atoms with E-state index in [0.717, 1.165) is 12.0 Å². The molecule has 0 spiro atoms. The van der Waals surface area contributed by atoms with Crippen molar-refractivity contribution in [3.8, 4) is 23.7 Å². The lowest BCUT2D eigenvalue weighted by atomic mass is 9.87. The third-order valence-corrected chi connectivity index (χ3v) is 3.54. The second-order valence-electron chi connectivity index (χ2n) is 5.62. The van der Waals surface area contributed by atoms with E-state index in [1.807, 2.05) is 19.9 Å². The average Bonchev–Trinajstić information content (AvgIpc) is 2.68. The summed E-state index contributed by atoms with van der Waals surface area (Å²) >= 11 is 0. The first-order valence-electron chi connectivity index (χ1n) is 6.46. The van der Waals surface area contributed by atoms with Crippen molar-refractivity contribution < 1.29 is 14.6 Å². The number of carbonyl (C=O) groups is 1. The Bertz CT molecular complexity index is 548. The number of ether oxygens (including phenoxy) is 1. The van der Waals surface area contributed by atoms with E-state index in [1.165, 1.54) is 6.92 Å². The fourth-order valence-electron chi connectivity index (χ4n) is 2.30. The highest BCUT2D eigenvalue weighted by Gasteiger charge is 2.40. The molecule has 0 amide bonds. The van der Waals surface area contributed by atoms with Gasteiger partial charge in [-0.25, -0.2) is 0 Å². The summed E-state index contributed by atoms with van der Waals surface area (Å²) in [6, 6.07) is 0. The minimum absolute atomic E-state index is 0.324. The van der Waals surface area contributed by atoms with Gasteiger partial charge in [0.2, 0.25) is 0 Å². The molecule has 0 aromatic carbocycles. The zero-order valence-electron chi connectivity index (χ0n) is 11.5. The zero-order chi connectivity index (χ0) is 14.1. The van der Waals surface area contributed by atoms with Crippen molar-refractivity contribution in [1.29, 1.82) is 0 Å². The first kappa shape index (κ1) is 13.7. The smallest absolute Gasteiger partial charge is 0.303 e. The number of carbonyl (C=O) groups excluding carboxylic acids is 1. The van der Waals surface area contributed by atoms with Crippen molar-refractivity contribution in [2.75, 3.05) is 0 Å². The van der Waals surface area contributed by atoms with Crippen molar-refractivity contribution in [3.63, 3.8) is 0 Å². The molecule has 2 atom stereocenters. The zero-order valence-corrected chi connectivity index (χ0v) is 11.5. The molecule has 0 saturated heterocycles. The summed E-state index contributed by atoms with van der Waals surface area (Å²) in [5.41, 5.74) is -0.492. The van der Waals surface area contributed by atoms with Gasteiger partial charge in [-0.15, -0.1) is 0 Å². The molecule has 0 bridgehead atoms. The van der Waals surface area contributed by atoms with Gasteiger partial charge in [0.1, 0.15) is 6.10 Å². The maximum absolute atomic E-state index is 11.3. The number of aliphatic hydroxyl groups is 1. The van der Waals surface area contributed by atoms with Crippen LogP contribution in [0.3, 0.4) is 0 Å². The van der Waals surface area contributed by atoms with Crippen LogP contribution in [0.15, 0.2) is 11.6 Å². The van der Waals surface area contributed by atoms with Gasteiger partial charge in [0.15, 0.2) is 5.60 Å². The minimum Gasteiger partial charge on any atom is -0.453 e. The second kappa shape index (κ2) is 4.76. The lowest BCUT2D eigenvalue weighted by Crippen LogP contribution is -2.33. The van der Waals surface area contributed by atoms with E-state index in [4.69, 9.17) is 4.74 Å². The van der Waals surface area contributed by atoms with Gasteiger partial charge >= 0.3 is 5.97 Å². The number of esters is 1. The van der Waals surface area contributed by atoms with Gasteiger partial charge in [-0.2, -0.15) is 0 Å². The largest absolute Gasteiger partial charge is 0.453 e. The fourth-order valence-corrected chi connectivity index (χ4v) is 2.30. The minimum atomic E-state index is -0.797. The van der Waals surface area contributed by atoms with Gasteiger partial charge in [-0.1, -0.05) is 29.8 Å². The lowest BCUT2D eigenvalue weighted by molar-refractivity contribution is -0.152. The summed E-state index contributed by atoms with van der Waals surface area (Å²) in [6.45, 7) is 5.11. The Morgan fingerprint density at radius 2 is 2.26 bits per heavy atom. The van der Waals surface area contributed by atoms with Crippen LogP contribution in [0, 0.1) is 29.1 Å². The van der Waals surface area contributed by atoms with Crippen LogP contribution in [0.1, 0.15) is 40.0 Å². The first-order chi connectivity index (χ1) is 8.86. The highest BCUT2D eigenvalue weighted by Crippen LogP contribution is 2.37. The van der Waals surface area contributed by atoms with Crippen LogP contribution in [0.4, 0.5) is 0 Å². The Morgan fingerprint density at radius 1 is 1.53 bits per heavy atom. The molecule has 2 rings (SSSR count). The molecular formula is C16H18O3. The van der Waals surface area contributed by atoms with E-state index < -0.39 is 17.1 Å². The summed E-state index contributed by atoms with van der Waals surface area (Å²) in [4.78, 5) is 11.3. The molecule has 2 aliphatic carbocycles. The number of aliphatic hydroxyl groups excluding tert-OH is 1. The highest BCUT2D eigenvalue weighted by atomic mass is 16.6. The Morgan fingerprint density at radius 3 is 2.95 bits per heavy atom. The molecule has 0 radical (unpaired) electrons. The molecule has 2 unspecified atom stereocenters. The SMILES string of the molecule is CC(=O)OC12CC#CC(O)C(C)(C)C#CC1=CCC2. The second-order valence-corrected chi connectivity index (χ2v) is 5.62. The van der Waals surface area contributed by atoms with Crippen LogP contribution in [0.5, 0.6) is 0 Å². The monoisotopic (exact) mass is 258 g/mol. The van der Waals surface area contributed by atoms with Gasteiger partial charge in [-0.3, -0.25) is 4.79 Å². The van der Waals surface area contributed by atoms with Crippen molar-refractivity contribution in [3.05, 3.63) is 11.6 Å². The van der Waals surface area contributed by atoms with Crippen molar-refractivity contribution in [1.82, 2.24) is 0 Å². The molecule has 0 saturated carbocycles. The van der Waals surface area contributed by atoms with E-state index in [9.17, 15) is 9.90 Å². The predicted octanol–water partition coefficient (Wildman–Crippen LogP) is 1.81. The summed E-state index contributed by atoms with van der Waals surface area (Å²) in [5.74, 6) is 11.6. The third kappa shape index (κ3) is 2.67. The van der Waals surface area contributed by atoms with Crippen molar-refractivity contribution >= 4 is 5.97 Å². The van der Waals surface area contributed by atoms with Crippen LogP contribution in [0.25, 0.3) is 0 Å². The van der Waals surface area contributed by atoms with Crippen LogP contribution in [-0.4, -0.2) is 22.8 Å². The molecule has 1 N–H and O–H groups in total. The van der Waals surface area contributed by atoms with Crippen LogP contribution >= 0.6 is 0 Å². The summed E-state index contributed by atoms with van der Waals surface area (Å²) in [7, 11) is 0. The molecule has 0 fully saturated rings. The topological polar surface area (TPSA) is 46.5 Å². The molecule has 0 aromatic heterocycles. The summed E-state index contributed by atoms with van der Waals surface area (Å²) in [5, 5.41) is 9.99. The van der Waals surface area contributed by atoms with Crippen LogP contribution in [-0.2, 0) is 9.53 Å². The van der Waals surface area contributed by atoms with Gasteiger partial charge in [0.05, 0.1) is 11.8 Å². The van der Waals surface area contributed by atoms with Crippen LogP contribution < -0.4 is 0 Å². The lowest BCUT2D eigenvalue weighted by Gasteiger charge is -2.27. The van der Waals surface area contributed by atoms with E-state index in [-0.39, 0.29) is 5.97 Å². The molecule has 0 heterocycles. The first-order valence-corrected chi connectivity index (χ1v) is 6.46. The maximum atomic E-state index is 11.3.